The molecule has 0 aliphatic carbocycles. The molecule has 1 heterocycles. The van der Waals surface area contributed by atoms with Crippen molar-refractivity contribution in [2.24, 2.45) is 0 Å². The minimum atomic E-state index is 0.606. The summed E-state index contributed by atoms with van der Waals surface area (Å²) < 4.78 is 21.7. The number of hydrogen-bond donors (Lipinski definition) is 0. The van der Waals surface area contributed by atoms with Gasteiger partial charge in [-0.15, -0.1) is 0 Å². The number of ether oxygens (including phenoxy) is 4. The lowest BCUT2D eigenvalue weighted by atomic mass is 10.4. The van der Waals surface area contributed by atoms with E-state index in [0.29, 0.717) is 52.9 Å². The first kappa shape index (κ1) is 15.8. The Hall–Kier alpha value is -0.270. The van der Waals surface area contributed by atoms with Gasteiger partial charge in [-0.05, 0) is 6.92 Å². The normalized spacial score (nSPS) is 21.9. The molecular formula is C12H23NO4S. The van der Waals surface area contributed by atoms with Crippen LogP contribution < -0.4 is 0 Å². The van der Waals surface area contributed by atoms with Crippen LogP contribution in [0.4, 0.5) is 0 Å². The number of nitrogens with zero attached hydrogens (tertiary/aromatic N) is 1. The molecule has 18 heavy (non-hydrogen) atoms. The Labute approximate surface area is 114 Å². The minimum Gasteiger partial charge on any atom is -0.377 e. The van der Waals surface area contributed by atoms with Crippen molar-refractivity contribution >= 4 is 17.2 Å². The van der Waals surface area contributed by atoms with Crippen molar-refractivity contribution in [2.75, 3.05) is 65.9 Å². The van der Waals surface area contributed by atoms with Crippen molar-refractivity contribution < 1.29 is 18.9 Å². The van der Waals surface area contributed by atoms with E-state index < -0.39 is 0 Å². The number of rotatable bonds is 0. The highest BCUT2D eigenvalue weighted by atomic mass is 32.1. The molecule has 0 spiro atoms. The van der Waals surface area contributed by atoms with E-state index in [2.05, 4.69) is 4.90 Å². The fourth-order valence-electron chi connectivity index (χ4n) is 1.54. The van der Waals surface area contributed by atoms with Gasteiger partial charge in [-0.3, -0.25) is 0 Å². The summed E-state index contributed by atoms with van der Waals surface area (Å²) in [7, 11) is 0. The summed E-state index contributed by atoms with van der Waals surface area (Å²) in [5.41, 5.74) is 0. The van der Waals surface area contributed by atoms with Crippen molar-refractivity contribution in [1.82, 2.24) is 4.90 Å². The molecule has 106 valence electrons. The molecule has 0 amide bonds. The molecule has 1 fully saturated rings. The van der Waals surface area contributed by atoms with Crippen LogP contribution in [0.3, 0.4) is 0 Å². The first-order valence-electron chi connectivity index (χ1n) is 6.37. The van der Waals surface area contributed by atoms with Gasteiger partial charge in [0.05, 0.1) is 57.8 Å². The summed E-state index contributed by atoms with van der Waals surface area (Å²) in [5, 5.41) is 0. The van der Waals surface area contributed by atoms with Crippen LogP contribution in [-0.4, -0.2) is 75.8 Å². The Morgan fingerprint density at radius 1 is 0.722 bits per heavy atom. The highest BCUT2D eigenvalue weighted by molar-refractivity contribution is 7.80. The molecule has 5 nitrogen and oxygen atoms in total. The van der Waals surface area contributed by atoms with Gasteiger partial charge in [0.1, 0.15) is 0 Å². The molecular weight excluding hydrogens is 254 g/mol. The van der Waals surface area contributed by atoms with Gasteiger partial charge in [0, 0.05) is 13.1 Å². The Balaban J connectivity index is 2.26. The second-order valence-corrected chi connectivity index (χ2v) is 4.55. The first-order chi connectivity index (χ1) is 8.80. The van der Waals surface area contributed by atoms with Crippen molar-refractivity contribution in [3.8, 4) is 0 Å². The van der Waals surface area contributed by atoms with E-state index >= 15 is 0 Å². The molecule has 0 N–H and O–H groups in total. The summed E-state index contributed by atoms with van der Waals surface area (Å²) in [4.78, 5) is 2.97. The largest absolute Gasteiger partial charge is 0.377 e. The average Bonchev–Trinajstić information content (AvgIpc) is 2.36. The Morgan fingerprint density at radius 3 is 1.39 bits per heavy atom. The highest BCUT2D eigenvalue weighted by Gasteiger charge is 2.05. The molecule has 0 radical (unpaired) electrons. The molecule has 0 atom stereocenters. The van der Waals surface area contributed by atoms with E-state index in [1.807, 2.05) is 6.92 Å². The van der Waals surface area contributed by atoms with E-state index in [-0.39, 0.29) is 0 Å². The molecule has 1 aliphatic rings. The third kappa shape index (κ3) is 7.94. The lowest BCUT2D eigenvalue weighted by Gasteiger charge is -2.23. The third-order valence-corrected chi connectivity index (χ3v) is 2.83. The number of thiocarbonyl (C=S) groups is 1. The molecule has 1 saturated heterocycles. The topological polar surface area (TPSA) is 40.2 Å². The molecule has 1 rings (SSSR count). The summed E-state index contributed by atoms with van der Waals surface area (Å²) in [6, 6.07) is 0. The van der Waals surface area contributed by atoms with Crippen LogP contribution in [0, 0.1) is 0 Å². The lowest BCUT2D eigenvalue weighted by Crippen LogP contribution is -2.34. The van der Waals surface area contributed by atoms with E-state index in [9.17, 15) is 0 Å². The van der Waals surface area contributed by atoms with Gasteiger partial charge in [0.2, 0.25) is 0 Å². The molecule has 1 aliphatic heterocycles. The maximum absolute atomic E-state index is 5.48. The zero-order valence-corrected chi connectivity index (χ0v) is 11.9. The van der Waals surface area contributed by atoms with Crippen molar-refractivity contribution in [3.63, 3.8) is 0 Å². The zero-order valence-electron chi connectivity index (χ0n) is 11.1. The molecule has 0 aromatic heterocycles. The lowest BCUT2D eigenvalue weighted by molar-refractivity contribution is 0.00206. The Morgan fingerprint density at radius 2 is 1.06 bits per heavy atom. The average molecular weight is 277 g/mol. The summed E-state index contributed by atoms with van der Waals surface area (Å²) >= 11 is 5.19. The molecule has 6 heteroatoms. The van der Waals surface area contributed by atoms with Crippen LogP contribution in [0.1, 0.15) is 6.92 Å². The third-order valence-electron chi connectivity index (χ3n) is 2.57. The van der Waals surface area contributed by atoms with Gasteiger partial charge >= 0.3 is 0 Å². The summed E-state index contributed by atoms with van der Waals surface area (Å²) in [6.45, 7) is 8.50. The monoisotopic (exact) mass is 277 g/mol. The van der Waals surface area contributed by atoms with Gasteiger partial charge in [0.15, 0.2) is 0 Å². The highest BCUT2D eigenvalue weighted by Crippen LogP contribution is 1.94. The second kappa shape index (κ2) is 10.6. The maximum Gasteiger partial charge on any atom is 0.0749 e. The fourth-order valence-corrected chi connectivity index (χ4v) is 1.72. The van der Waals surface area contributed by atoms with Gasteiger partial charge in [-0.2, -0.15) is 0 Å². The van der Waals surface area contributed by atoms with Gasteiger partial charge in [-0.25, -0.2) is 0 Å². The molecule has 0 bridgehead atoms. The van der Waals surface area contributed by atoms with Crippen LogP contribution in [0.2, 0.25) is 0 Å². The smallest absolute Gasteiger partial charge is 0.0749 e. The van der Waals surface area contributed by atoms with E-state index in [1.165, 1.54) is 0 Å². The van der Waals surface area contributed by atoms with Crippen molar-refractivity contribution in [2.45, 2.75) is 6.92 Å². The Kier molecular flexibility index (Phi) is 9.33. The van der Waals surface area contributed by atoms with Crippen LogP contribution in [-0.2, 0) is 18.9 Å². The zero-order chi connectivity index (χ0) is 13.1. The maximum atomic E-state index is 5.48. The number of hydrogen-bond acceptors (Lipinski definition) is 5. The van der Waals surface area contributed by atoms with Gasteiger partial charge in [-0.1, -0.05) is 12.2 Å². The Bertz CT molecular complexity index is 212. The van der Waals surface area contributed by atoms with Crippen LogP contribution in [0.25, 0.3) is 0 Å². The van der Waals surface area contributed by atoms with E-state index in [4.69, 9.17) is 31.2 Å². The van der Waals surface area contributed by atoms with Gasteiger partial charge < -0.3 is 23.8 Å². The SMILES string of the molecule is CC(=S)N1CCOCCOCCOCCOCC1. The first-order valence-corrected chi connectivity index (χ1v) is 6.78. The molecule has 0 saturated carbocycles. The molecule has 0 aromatic carbocycles. The van der Waals surface area contributed by atoms with Crippen LogP contribution in [0.5, 0.6) is 0 Å². The second-order valence-electron chi connectivity index (χ2n) is 3.96. The van der Waals surface area contributed by atoms with Crippen LogP contribution >= 0.6 is 12.2 Å². The van der Waals surface area contributed by atoms with E-state index in [0.717, 1.165) is 18.1 Å². The summed E-state index contributed by atoms with van der Waals surface area (Å²) in [5.74, 6) is 0. The fraction of sp³-hybridized carbons (Fsp3) is 0.917. The quantitative estimate of drug-likeness (QED) is 0.608. The van der Waals surface area contributed by atoms with Crippen LogP contribution in [0.15, 0.2) is 0 Å². The standard InChI is InChI=1S/C12H23NO4S/c1-12(18)13-2-4-14-6-8-16-10-11-17-9-7-15-5-3-13/h2-11H2,1H3. The van der Waals surface area contributed by atoms with Crippen molar-refractivity contribution in [1.29, 1.82) is 0 Å². The van der Waals surface area contributed by atoms with Crippen molar-refractivity contribution in [3.05, 3.63) is 0 Å². The molecule has 0 aromatic rings. The van der Waals surface area contributed by atoms with Gasteiger partial charge in [0.25, 0.3) is 0 Å². The predicted molar refractivity (Wildman–Crippen MR) is 73.1 cm³/mol. The van der Waals surface area contributed by atoms with E-state index in [1.54, 1.807) is 0 Å². The molecule has 0 unspecified atom stereocenters. The summed E-state index contributed by atoms with van der Waals surface area (Å²) in [6.07, 6.45) is 0. The predicted octanol–water partition coefficient (Wildman–Crippen LogP) is 0.716. The minimum absolute atomic E-state index is 0.606.